The van der Waals surface area contributed by atoms with Crippen molar-refractivity contribution in [1.29, 1.82) is 0 Å². The fourth-order valence-corrected chi connectivity index (χ4v) is 0.789. The Morgan fingerprint density at radius 1 is 1.47 bits per heavy atom. The number of hydrogen-bond acceptors (Lipinski definition) is 6. The summed E-state index contributed by atoms with van der Waals surface area (Å²) >= 11 is 0. The fourth-order valence-electron chi connectivity index (χ4n) is 0.789. The number of carbonyl (C=O) groups excluding carboxylic acids is 1. The molecule has 82 valence electrons. The number of ether oxygens (including phenoxy) is 2. The third-order valence-electron chi connectivity index (χ3n) is 1.51. The normalized spacial score (nSPS) is 9.73. The molecule has 1 rings (SSSR count). The van der Waals surface area contributed by atoms with Gasteiger partial charge in [0.2, 0.25) is 0 Å². The molecule has 0 fully saturated rings. The summed E-state index contributed by atoms with van der Waals surface area (Å²) in [5.74, 6) is -0.668. The molecule has 7 nitrogen and oxygen atoms in total. The maximum absolute atomic E-state index is 10.9. The highest BCUT2D eigenvalue weighted by atomic mass is 16.5. The molecule has 0 unspecified atom stereocenters. The fraction of sp³-hybridized carbons (Fsp3) is 0.375. The van der Waals surface area contributed by atoms with E-state index in [1.54, 1.807) is 7.11 Å². The molecule has 7 heteroatoms. The number of hydroxylamine groups is 1. The van der Waals surface area contributed by atoms with Gasteiger partial charge in [0.1, 0.15) is 6.61 Å². The number of aromatic nitrogens is 2. The highest BCUT2D eigenvalue weighted by molar-refractivity contribution is 5.92. The SMILES string of the molecule is COCCOc1ncc(C(=O)NO)cn1. The van der Waals surface area contributed by atoms with E-state index in [0.717, 1.165) is 0 Å². The Morgan fingerprint density at radius 3 is 2.67 bits per heavy atom. The van der Waals surface area contributed by atoms with Crippen LogP contribution in [0.25, 0.3) is 0 Å². The molecule has 1 aromatic heterocycles. The zero-order valence-corrected chi connectivity index (χ0v) is 8.14. The van der Waals surface area contributed by atoms with Gasteiger partial charge in [-0.25, -0.2) is 15.4 Å². The van der Waals surface area contributed by atoms with Crippen molar-refractivity contribution in [1.82, 2.24) is 15.4 Å². The first-order valence-electron chi connectivity index (χ1n) is 4.16. The zero-order valence-electron chi connectivity index (χ0n) is 8.14. The van der Waals surface area contributed by atoms with Crippen molar-refractivity contribution in [3.8, 4) is 6.01 Å². The minimum Gasteiger partial charge on any atom is -0.461 e. The van der Waals surface area contributed by atoms with E-state index >= 15 is 0 Å². The van der Waals surface area contributed by atoms with E-state index in [4.69, 9.17) is 14.7 Å². The average molecular weight is 213 g/mol. The number of rotatable bonds is 5. The number of methoxy groups -OCH3 is 1. The van der Waals surface area contributed by atoms with E-state index in [0.29, 0.717) is 13.2 Å². The van der Waals surface area contributed by atoms with Gasteiger partial charge < -0.3 is 9.47 Å². The number of carbonyl (C=O) groups is 1. The molecular formula is C8H11N3O4. The Balaban J connectivity index is 2.52. The second-order valence-electron chi connectivity index (χ2n) is 2.54. The van der Waals surface area contributed by atoms with Crippen molar-refractivity contribution in [2.75, 3.05) is 20.3 Å². The van der Waals surface area contributed by atoms with Crippen molar-refractivity contribution < 1.29 is 19.5 Å². The summed E-state index contributed by atoms with van der Waals surface area (Å²) in [5.41, 5.74) is 1.62. The predicted octanol–water partition coefficient (Wildman–Crippen LogP) is -0.379. The Morgan fingerprint density at radius 2 is 2.13 bits per heavy atom. The largest absolute Gasteiger partial charge is 0.461 e. The lowest BCUT2D eigenvalue weighted by atomic mass is 10.3. The Hall–Kier alpha value is -1.73. The number of hydrogen-bond donors (Lipinski definition) is 2. The molecule has 2 N–H and O–H groups in total. The molecule has 1 amide bonds. The topological polar surface area (TPSA) is 93.6 Å². The zero-order chi connectivity index (χ0) is 11.1. The second-order valence-corrected chi connectivity index (χ2v) is 2.54. The van der Waals surface area contributed by atoms with E-state index in [2.05, 4.69) is 9.97 Å². The van der Waals surface area contributed by atoms with Crippen LogP contribution in [0.5, 0.6) is 6.01 Å². The third kappa shape index (κ3) is 3.49. The summed E-state index contributed by atoms with van der Waals surface area (Å²) in [6.07, 6.45) is 2.50. The second kappa shape index (κ2) is 5.89. The van der Waals surface area contributed by atoms with Crippen LogP contribution in [0.2, 0.25) is 0 Å². The highest BCUT2D eigenvalue weighted by Crippen LogP contribution is 2.02. The van der Waals surface area contributed by atoms with Crippen molar-refractivity contribution in [2.45, 2.75) is 0 Å². The third-order valence-corrected chi connectivity index (χ3v) is 1.51. The monoisotopic (exact) mass is 213 g/mol. The molecule has 1 heterocycles. The summed E-state index contributed by atoms with van der Waals surface area (Å²) in [7, 11) is 1.55. The molecule has 0 spiro atoms. The lowest BCUT2D eigenvalue weighted by Gasteiger charge is -2.03. The molecular weight excluding hydrogens is 202 g/mol. The highest BCUT2D eigenvalue weighted by Gasteiger charge is 2.05. The summed E-state index contributed by atoms with van der Waals surface area (Å²) in [6, 6.07) is 0.154. The lowest BCUT2D eigenvalue weighted by molar-refractivity contribution is 0.0705. The minimum absolute atomic E-state index is 0.150. The first kappa shape index (κ1) is 11.3. The number of nitrogens with zero attached hydrogens (tertiary/aromatic N) is 2. The van der Waals surface area contributed by atoms with Crippen LogP contribution in [0, 0.1) is 0 Å². The number of nitrogens with one attached hydrogen (secondary N) is 1. The Labute approximate surface area is 86.0 Å². The van der Waals surface area contributed by atoms with E-state index in [1.165, 1.54) is 17.9 Å². The molecule has 0 aliphatic carbocycles. The number of amides is 1. The molecule has 0 aliphatic heterocycles. The van der Waals surface area contributed by atoms with Gasteiger partial charge in [0.15, 0.2) is 0 Å². The molecule has 0 aliphatic rings. The molecule has 0 saturated heterocycles. The van der Waals surface area contributed by atoms with Gasteiger partial charge in [-0.3, -0.25) is 10.0 Å². The Kier molecular flexibility index (Phi) is 4.45. The van der Waals surface area contributed by atoms with Gasteiger partial charge in [0.25, 0.3) is 5.91 Å². The van der Waals surface area contributed by atoms with Crippen LogP contribution < -0.4 is 10.2 Å². The summed E-state index contributed by atoms with van der Waals surface area (Å²) in [6.45, 7) is 0.768. The molecule has 15 heavy (non-hydrogen) atoms. The first-order chi connectivity index (χ1) is 7.27. The van der Waals surface area contributed by atoms with Crippen LogP contribution in [-0.2, 0) is 4.74 Å². The van der Waals surface area contributed by atoms with Gasteiger partial charge >= 0.3 is 6.01 Å². The average Bonchev–Trinajstić information content (AvgIpc) is 2.29. The predicted molar refractivity (Wildman–Crippen MR) is 48.7 cm³/mol. The summed E-state index contributed by atoms with van der Waals surface area (Å²) in [4.78, 5) is 18.4. The van der Waals surface area contributed by atoms with Crippen LogP contribution in [0.3, 0.4) is 0 Å². The quantitative estimate of drug-likeness (QED) is 0.393. The van der Waals surface area contributed by atoms with Gasteiger partial charge in [0.05, 0.1) is 12.2 Å². The maximum Gasteiger partial charge on any atom is 0.316 e. The summed E-state index contributed by atoms with van der Waals surface area (Å²) < 4.78 is 9.84. The first-order valence-corrected chi connectivity index (χ1v) is 4.16. The Bertz CT molecular complexity index is 314. The maximum atomic E-state index is 10.9. The summed E-state index contributed by atoms with van der Waals surface area (Å²) in [5, 5.41) is 8.33. The van der Waals surface area contributed by atoms with Crippen LogP contribution >= 0.6 is 0 Å². The van der Waals surface area contributed by atoms with Gasteiger partial charge in [0, 0.05) is 19.5 Å². The van der Waals surface area contributed by atoms with E-state index in [1.807, 2.05) is 0 Å². The lowest BCUT2D eigenvalue weighted by Crippen LogP contribution is -2.19. The van der Waals surface area contributed by atoms with Crippen molar-refractivity contribution in [2.24, 2.45) is 0 Å². The van der Waals surface area contributed by atoms with E-state index < -0.39 is 5.91 Å². The van der Waals surface area contributed by atoms with Gasteiger partial charge in [-0.05, 0) is 0 Å². The molecule has 0 saturated carbocycles. The van der Waals surface area contributed by atoms with Gasteiger partial charge in [-0.1, -0.05) is 0 Å². The molecule has 1 aromatic rings. The van der Waals surface area contributed by atoms with Crippen LogP contribution in [0.4, 0.5) is 0 Å². The van der Waals surface area contributed by atoms with E-state index in [-0.39, 0.29) is 11.6 Å². The van der Waals surface area contributed by atoms with Crippen LogP contribution in [0.15, 0.2) is 12.4 Å². The molecule has 0 radical (unpaired) electrons. The molecule has 0 atom stereocenters. The standard InChI is InChI=1S/C8H11N3O4/c1-14-2-3-15-8-9-4-6(5-10-8)7(12)11-13/h4-5,13H,2-3H2,1H3,(H,11,12). The van der Waals surface area contributed by atoms with E-state index in [9.17, 15) is 4.79 Å². The van der Waals surface area contributed by atoms with Gasteiger partial charge in [-0.2, -0.15) is 0 Å². The minimum atomic E-state index is -0.668. The smallest absolute Gasteiger partial charge is 0.316 e. The molecule has 0 bridgehead atoms. The van der Waals surface area contributed by atoms with Crippen molar-refractivity contribution >= 4 is 5.91 Å². The van der Waals surface area contributed by atoms with Crippen LogP contribution in [-0.4, -0.2) is 41.4 Å². The van der Waals surface area contributed by atoms with Crippen molar-refractivity contribution in [3.63, 3.8) is 0 Å². The molecule has 0 aromatic carbocycles. The van der Waals surface area contributed by atoms with Gasteiger partial charge in [-0.15, -0.1) is 0 Å². The van der Waals surface area contributed by atoms with Crippen molar-refractivity contribution in [3.05, 3.63) is 18.0 Å². The van der Waals surface area contributed by atoms with Crippen LogP contribution in [0.1, 0.15) is 10.4 Å².